The second kappa shape index (κ2) is 12.0. The molecule has 0 aromatic heterocycles. The topological polar surface area (TPSA) is 86.8 Å². The van der Waals surface area contributed by atoms with E-state index in [1.165, 1.54) is 10.6 Å². The molecule has 7 nitrogen and oxygen atoms in total. The molecule has 0 saturated heterocycles. The van der Waals surface area contributed by atoms with Crippen molar-refractivity contribution >= 4 is 27.5 Å². The number of carbonyl (C=O) groups is 2. The van der Waals surface area contributed by atoms with Crippen molar-refractivity contribution in [2.45, 2.75) is 59.5 Å². The maximum atomic E-state index is 13.3. The Balaban J connectivity index is 2.22. The number of hydrogen-bond acceptors (Lipinski definition) is 4. The van der Waals surface area contributed by atoms with Gasteiger partial charge in [-0.15, -0.1) is 0 Å². The summed E-state index contributed by atoms with van der Waals surface area (Å²) in [6.45, 7) is 8.15. The van der Waals surface area contributed by atoms with E-state index in [2.05, 4.69) is 5.32 Å². The van der Waals surface area contributed by atoms with Gasteiger partial charge in [0.25, 0.3) is 0 Å². The SMILES string of the molecule is CC[C@@H](C(=O)NC)N(Cc1cccc(C)c1)C(=O)CCCN(c1cc(C)ccc1C)S(C)(=O)=O. The molecule has 8 heteroatoms. The molecular formula is C26H37N3O4S. The van der Waals surface area contributed by atoms with Crippen LogP contribution in [0.1, 0.15) is 48.4 Å². The third-order valence-corrected chi connectivity index (χ3v) is 7.03. The van der Waals surface area contributed by atoms with Crippen molar-refractivity contribution in [2.24, 2.45) is 0 Å². The molecule has 186 valence electrons. The molecule has 0 heterocycles. The summed E-state index contributed by atoms with van der Waals surface area (Å²) in [7, 11) is -1.96. The van der Waals surface area contributed by atoms with Gasteiger partial charge >= 0.3 is 0 Å². The van der Waals surface area contributed by atoms with E-state index in [0.29, 0.717) is 25.1 Å². The lowest BCUT2D eigenvalue weighted by molar-refractivity contribution is -0.141. The van der Waals surface area contributed by atoms with Crippen LogP contribution in [-0.4, -0.2) is 51.0 Å². The molecule has 2 rings (SSSR count). The predicted octanol–water partition coefficient (Wildman–Crippen LogP) is 3.71. The summed E-state index contributed by atoms with van der Waals surface area (Å²) in [4.78, 5) is 27.4. The molecule has 0 radical (unpaired) electrons. The average molecular weight is 488 g/mol. The molecule has 0 spiro atoms. The van der Waals surface area contributed by atoms with Gasteiger partial charge in [0, 0.05) is 26.6 Å². The number of rotatable bonds is 11. The Hall–Kier alpha value is -2.87. The van der Waals surface area contributed by atoms with Crippen molar-refractivity contribution < 1.29 is 18.0 Å². The number of nitrogens with zero attached hydrogens (tertiary/aromatic N) is 2. The Labute approximate surface area is 204 Å². The molecule has 2 amide bonds. The number of hydrogen-bond donors (Lipinski definition) is 1. The first-order chi connectivity index (χ1) is 16.0. The number of carbonyl (C=O) groups excluding carboxylic acids is 2. The largest absolute Gasteiger partial charge is 0.357 e. The van der Waals surface area contributed by atoms with Crippen molar-refractivity contribution in [1.29, 1.82) is 0 Å². The van der Waals surface area contributed by atoms with Gasteiger partial charge in [0.15, 0.2) is 0 Å². The maximum Gasteiger partial charge on any atom is 0.242 e. The molecule has 0 unspecified atom stereocenters. The number of aryl methyl sites for hydroxylation is 3. The summed E-state index contributed by atoms with van der Waals surface area (Å²) in [5.41, 5.74) is 4.47. The lowest BCUT2D eigenvalue weighted by Gasteiger charge is -2.31. The van der Waals surface area contributed by atoms with Crippen LogP contribution in [0.4, 0.5) is 5.69 Å². The molecule has 2 aromatic rings. The summed E-state index contributed by atoms with van der Waals surface area (Å²) in [6, 6.07) is 13.0. The second-order valence-corrected chi connectivity index (χ2v) is 10.7. The third-order valence-electron chi connectivity index (χ3n) is 5.85. The summed E-state index contributed by atoms with van der Waals surface area (Å²) >= 11 is 0. The molecular weight excluding hydrogens is 450 g/mol. The van der Waals surface area contributed by atoms with E-state index < -0.39 is 16.1 Å². The van der Waals surface area contributed by atoms with Crippen LogP contribution in [0.2, 0.25) is 0 Å². The number of nitrogens with one attached hydrogen (secondary N) is 1. The van der Waals surface area contributed by atoms with Gasteiger partial charge in [-0.25, -0.2) is 8.42 Å². The molecule has 0 aliphatic rings. The number of sulfonamides is 1. The average Bonchev–Trinajstić information content (AvgIpc) is 2.77. The fraction of sp³-hybridized carbons (Fsp3) is 0.462. The van der Waals surface area contributed by atoms with Gasteiger partial charge in [0.2, 0.25) is 21.8 Å². The Morgan fingerprint density at radius 3 is 2.29 bits per heavy atom. The van der Waals surface area contributed by atoms with Crippen LogP contribution in [-0.2, 0) is 26.2 Å². The number of benzene rings is 2. The summed E-state index contributed by atoms with van der Waals surface area (Å²) in [6.07, 6.45) is 2.14. The molecule has 0 saturated carbocycles. The van der Waals surface area contributed by atoms with E-state index in [1.807, 2.05) is 70.2 Å². The number of anilines is 1. The monoisotopic (exact) mass is 487 g/mol. The maximum absolute atomic E-state index is 13.3. The van der Waals surface area contributed by atoms with Crippen LogP contribution in [0.3, 0.4) is 0 Å². The molecule has 0 aliphatic heterocycles. The minimum absolute atomic E-state index is 0.135. The Kier molecular flexibility index (Phi) is 9.67. The quantitative estimate of drug-likeness (QED) is 0.523. The first-order valence-electron chi connectivity index (χ1n) is 11.6. The standard InChI is InChI=1S/C26H37N3O4S/c1-7-23(26(31)27-5)28(18-22-11-8-10-19(2)16-22)25(30)12-9-15-29(34(6,32)33)24-17-20(3)13-14-21(24)4/h8,10-11,13-14,16-17,23H,7,9,12,15,18H2,1-6H3,(H,27,31)/t23-/m0/s1. The van der Waals surface area contributed by atoms with E-state index in [0.717, 1.165) is 22.3 Å². The molecule has 0 fully saturated rings. The number of likely N-dealkylation sites (N-methyl/N-ethyl adjacent to an activating group) is 1. The lowest BCUT2D eigenvalue weighted by Crippen LogP contribution is -2.48. The normalized spacial score (nSPS) is 12.2. The van der Waals surface area contributed by atoms with Gasteiger partial charge < -0.3 is 10.2 Å². The van der Waals surface area contributed by atoms with Crippen molar-refractivity contribution in [3.8, 4) is 0 Å². The van der Waals surface area contributed by atoms with Gasteiger partial charge in [-0.1, -0.05) is 48.9 Å². The molecule has 2 aromatic carbocycles. The van der Waals surface area contributed by atoms with Gasteiger partial charge in [-0.05, 0) is 56.4 Å². The number of amides is 2. The lowest BCUT2D eigenvalue weighted by atomic mass is 10.1. The molecule has 1 atom stereocenters. The summed E-state index contributed by atoms with van der Waals surface area (Å²) < 4.78 is 26.4. The summed E-state index contributed by atoms with van der Waals surface area (Å²) in [5, 5.41) is 2.66. The van der Waals surface area contributed by atoms with Gasteiger partial charge in [0.05, 0.1) is 11.9 Å². The van der Waals surface area contributed by atoms with Crippen molar-refractivity contribution in [3.63, 3.8) is 0 Å². The van der Waals surface area contributed by atoms with Gasteiger partial charge in [-0.3, -0.25) is 13.9 Å². The van der Waals surface area contributed by atoms with Crippen molar-refractivity contribution in [2.75, 3.05) is 24.2 Å². The highest BCUT2D eigenvalue weighted by Crippen LogP contribution is 2.25. The Bertz CT molecular complexity index is 1110. The van der Waals surface area contributed by atoms with E-state index in [1.54, 1.807) is 11.9 Å². The fourth-order valence-corrected chi connectivity index (χ4v) is 5.08. The van der Waals surface area contributed by atoms with Gasteiger partial charge in [0.1, 0.15) is 6.04 Å². The second-order valence-electron chi connectivity index (χ2n) is 8.78. The van der Waals surface area contributed by atoms with Crippen LogP contribution in [0.5, 0.6) is 0 Å². The first kappa shape index (κ1) is 27.4. The van der Waals surface area contributed by atoms with E-state index >= 15 is 0 Å². The Morgan fingerprint density at radius 2 is 1.71 bits per heavy atom. The predicted molar refractivity (Wildman–Crippen MR) is 137 cm³/mol. The van der Waals surface area contributed by atoms with E-state index in [4.69, 9.17) is 0 Å². The van der Waals surface area contributed by atoms with E-state index in [-0.39, 0.29) is 24.8 Å². The highest BCUT2D eigenvalue weighted by Gasteiger charge is 2.28. The van der Waals surface area contributed by atoms with E-state index in [9.17, 15) is 18.0 Å². The first-order valence-corrected chi connectivity index (χ1v) is 13.4. The highest BCUT2D eigenvalue weighted by molar-refractivity contribution is 7.92. The smallest absolute Gasteiger partial charge is 0.242 e. The molecule has 0 bridgehead atoms. The zero-order valence-electron chi connectivity index (χ0n) is 21.1. The highest BCUT2D eigenvalue weighted by atomic mass is 32.2. The van der Waals surface area contributed by atoms with Crippen LogP contribution >= 0.6 is 0 Å². The minimum Gasteiger partial charge on any atom is -0.357 e. The minimum atomic E-state index is -3.52. The summed E-state index contributed by atoms with van der Waals surface area (Å²) in [5.74, 6) is -0.386. The van der Waals surface area contributed by atoms with Crippen LogP contribution < -0.4 is 9.62 Å². The zero-order chi connectivity index (χ0) is 25.5. The zero-order valence-corrected chi connectivity index (χ0v) is 21.9. The fourth-order valence-electron chi connectivity index (χ4n) is 4.06. The molecule has 34 heavy (non-hydrogen) atoms. The van der Waals surface area contributed by atoms with Crippen molar-refractivity contribution in [3.05, 3.63) is 64.7 Å². The van der Waals surface area contributed by atoms with Crippen LogP contribution in [0.25, 0.3) is 0 Å². The van der Waals surface area contributed by atoms with Crippen molar-refractivity contribution in [1.82, 2.24) is 10.2 Å². The third kappa shape index (κ3) is 7.32. The van der Waals surface area contributed by atoms with Crippen LogP contribution in [0.15, 0.2) is 42.5 Å². The Morgan fingerprint density at radius 1 is 1.03 bits per heavy atom. The molecule has 0 aliphatic carbocycles. The molecule has 1 N–H and O–H groups in total. The van der Waals surface area contributed by atoms with Crippen LogP contribution in [0, 0.1) is 20.8 Å². The van der Waals surface area contributed by atoms with Gasteiger partial charge in [-0.2, -0.15) is 0 Å².